The summed E-state index contributed by atoms with van der Waals surface area (Å²) >= 11 is 0. The maximum absolute atomic E-state index is 14.0. The summed E-state index contributed by atoms with van der Waals surface area (Å²) in [6.07, 6.45) is 2.75. The Bertz CT molecular complexity index is 1460. The van der Waals surface area contributed by atoms with Crippen LogP contribution in [0.1, 0.15) is 60.9 Å². The summed E-state index contributed by atoms with van der Waals surface area (Å²) in [5, 5.41) is 3.09. The molecule has 2 amide bonds. The largest absolute Gasteiger partial charge is 0.352 e. The SMILES string of the molecule is CC[C@@H](C)NC(=O)[C@@H](Cc1ccccc1)N(Cc1ccccc1C)C(=O)CCCN(c1cc(C)ccc1C)S(C)(=O)=O. The van der Waals surface area contributed by atoms with E-state index in [1.54, 1.807) is 4.90 Å². The van der Waals surface area contributed by atoms with Crippen molar-refractivity contribution in [2.75, 3.05) is 17.1 Å². The van der Waals surface area contributed by atoms with E-state index in [-0.39, 0.29) is 37.4 Å². The zero-order valence-electron chi connectivity index (χ0n) is 25.8. The molecule has 3 aromatic carbocycles. The molecule has 0 fully saturated rings. The van der Waals surface area contributed by atoms with Gasteiger partial charge in [-0.15, -0.1) is 0 Å². The van der Waals surface area contributed by atoms with Gasteiger partial charge in [-0.2, -0.15) is 0 Å². The molecule has 2 atom stereocenters. The topological polar surface area (TPSA) is 86.8 Å². The number of carbonyl (C=O) groups is 2. The molecular weight excluding hydrogens is 546 g/mol. The van der Waals surface area contributed by atoms with Crippen LogP contribution < -0.4 is 9.62 Å². The number of hydrogen-bond acceptors (Lipinski definition) is 4. The maximum atomic E-state index is 14.0. The van der Waals surface area contributed by atoms with E-state index >= 15 is 0 Å². The molecule has 0 unspecified atom stereocenters. The summed E-state index contributed by atoms with van der Waals surface area (Å²) in [6, 6.07) is 22.5. The number of hydrogen-bond donors (Lipinski definition) is 1. The summed E-state index contributed by atoms with van der Waals surface area (Å²) in [5.74, 6) is -0.379. The van der Waals surface area contributed by atoms with Crippen molar-refractivity contribution >= 4 is 27.5 Å². The third kappa shape index (κ3) is 9.18. The molecule has 0 aliphatic rings. The number of aryl methyl sites for hydroxylation is 3. The van der Waals surface area contributed by atoms with E-state index in [0.717, 1.165) is 34.2 Å². The first-order valence-electron chi connectivity index (χ1n) is 14.6. The van der Waals surface area contributed by atoms with Crippen LogP contribution in [-0.4, -0.2) is 50.0 Å². The van der Waals surface area contributed by atoms with Crippen LogP contribution in [0.15, 0.2) is 72.8 Å². The van der Waals surface area contributed by atoms with Crippen molar-refractivity contribution in [2.45, 2.75) is 78.9 Å². The molecule has 0 saturated heterocycles. The second-order valence-electron chi connectivity index (χ2n) is 11.2. The van der Waals surface area contributed by atoms with E-state index in [1.807, 2.05) is 107 Å². The number of nitrogens with zero attached hydrogens (tertiary/aromatic N) is 2. The zero-order chi connectivity index (χ0) is 30.9. The average molecular weight is 592 g/mol. The Morgan fingerprint density at radius 2 is 1.57 bits per heavy atom. The van der Waals surface area contributed by atoms with Crippen molar-refractivity contribution in [3.05, 3.63) is 101 Å². The van der Waals surface area contributed by atoms with Crippen LogP contribution in [0.4, 0.5) is 5.69 Å². The number of benzene rings is 3. The highest BCUT2D eigenvalue weighted by molar-refractivity contribution is 7.92. The van der Waals surface area contributed by atoms with Crippen LogP contribution in [0.5, 0.6) is 0 Å². The minimum Gasteiger partial charge on any atom is -0.352 e. The molecule has 1 N–H and O–H groups in total. The van der Waals surface area contributed by atoms with Gasteiger partial charge in [-0.05, 0) is 74.4 Å². The molecule has 0 saturated carbocycles. The Balaban J connectivity index is 1.92. The average Bonchev–Trinajstić information content (AvgIpc) is 2.95. The fourth-order valence-electron chi connectivity index (χ4n) is 4.94. The van der Waals surface area contributed by atoms with Crippen molar-refractivity contribution in [2.24, 2.45) is 0 Å². The standard InChI is InChI=1S/C34H45N3O4S/c1-7-28(5)35-34(39)32(23-29-15-9-8-10-16-29)36(24-30-17-12-11-14-26(30)3)33(38)18-13-21-37(42(6,40)41)31-22-25(2)19-20-27(31)4/h8-12,14-17,19-20,22,28,32H,7,13,18,21,23-24H2,1-6H3,(H,35,39)/t28-,32-/m1/s1. The highest BCUT2D eigenvalue weighted by Crippen LogP contribution is 2.25. The molecular formula is C34H45N3O4S. The van der Waals surface area contributed by atoms with Crippen LogP contribution in [0.2, 0.25) is 0 Å². The Morgan fingerprint density at radius 3 is 2.21 bits per heavy atom. The predicted molar refractivity (Wildman–Crippen MR) is 171 cm³/mol. The number of sulfonamides is 1. The monoisotopic (exact) mass is 591 g/mol. The molecule has 8 heteroatoms. The van der Waals surface area contributed by atoms with Crippen molar-refractivity contribution < 1.29 is 18.0 Å². The van der Waals surface area contributed by atoms with E-state index in [4.69, 9.17) is 0 Å². The van der Waals surface area contributed by atoms with Crippen LogP contribution >= 0.6 is 0 Å². The lowest BCUT2D eigenvalue weighted by Gasteiger charge is -2.33. The van der Waals surface area contributed by atoms with Crippen molar-refractivity contribution in [3.63, 3.8) is 0 Å². The smallest absolute Gasteiger partial charge is 0.243 e. The van der Waals surface area contributed by atoms with Crippen molar-refractivity contribution in [1.82, 2.24) is 10.2 Å². The highest BCUT2D eigenvalue weighted by atomic mass is 32.2. The van der Waals surface area contributed by atoms with E-state index in [1.165, 1.54) is 10.6 Å². The molecule has 0 spiro atoms. The maximum Gasteiger partial charge on any atom is 0.243 e. The second-order valence-corrected chi connectivity index (χ2v) is 13.1. The summed E-state index contributed by atoms with van der Waals surface area (Å²) in [6.45, 7) is 10.2. The number of carbonyl (C=O) groups excluding carboxylic acids is 2. The first kappa shape index (κ1) is 32.9. The van der Waals surface area contributed by atoms with Gasteiger partial charge < -0.3 is 10.2 Å². The first-order valence-corrected chi connectivity index (χ1v) is 16.5. The van der Waals surface area contributed by atoms with E-state index in [2.05, 4.69) is 5.32 Å². The van der Waals surface area contributed by atoms with Crippen LogP contribution in [0, 0.1) is 20.8 Å². The molecule has 0 aliphatic carbocycles. The van der Waals surface area contributed by atoms with Crippen molar-refractivity contribution in [3.8, 4) is 0 Å². The molecule has 3 aromatic rings. The molecule has 0 heterocycles. The van der Waals surface area contributed by atoms with Crippen LogP contribution in [-0.2, 0) is 32.6 Å². The number of nitrogens with one attached hydrogen (secondary N) is 1. The van der Waals surface area contributed by atoms with Gasteiger partial charge in [0.1, 0.15) is 6.04 Å². The fraction of sp³-hybridized carbons (Fsp3) is 0.412. The minimum atomic E-state index is -3.57. The van der Waals surface area contributed by atoms with Gasteiger partial charge in [0.15, 0.2) is 0 Å². The number of rotatable bonds is 14. The number of amides is 2. The minimum absolute atomic E-state index is 0.0351. The Kier molecular flexibility index (Phi) is 11.7. The van der Waals surface area contributed by atoms with Gasteiger partial charge in [-0.1, -0.05) is 73.7 Å². The lowest BCUT2D eigenvalue weighted by atomic mass is 10.0. The molecule has 0 radical (unpaired) electrons. The highest BCUT2D eigenvalue weighted by Gasteiger charge is 2.31. The third-order valence-corrected chi connectivity index (χ3v) is 8.84. The Hall–Kier alpha value is -3.65. The lowest BCUT2D eigenvalue weighted by Crippen LogP contribution is -2.52. The zero-order valence-corrected chi connectivity index (χ0v) is 26.6. The molecule has 3 rings (SSSR count). The summed E-state index contributed by atoms with van der Waals surface area (Å²) in [5.41, 5.74) is 5.39. The van der Waals surface area contributed by atoms with E-state index < -0.39 is 16.1 Å². The van der Waals surface area contributed by atoms with Gasteiger partial charge in [0.2, 0.25) is 21.8 Å². The van der Waals surface area contributed by atoms with Gasteiger partial charge >= 0.3 is 0 Å². The van der Waals surface area contributed by atoms with Crippen LogP contribution in [0.25, 0.3) is 0 Å². The number of anilines is 1. The molecule has 42 heavy (non-hydrogen) atoms. The Morgan fingerprint density at radius 1 is 0.905 bits per heavy atom. The molecule has 0 aliphatic heterocycles. The van der Waals surface area contributed by atoms with Gasteiger partial charge in [-0.25, -0.2) is 8.42 Å². The van der Waals surface area contributed by atoms with Gasteiger partial charge in [0, 0.05) is 32.0 Å². The Labute approximate surface area is 252 Å². The van der Waals surface area contributed by atoms with Crippen molar-refractivity contribution in [1.29, 1.82) is 0 Å². The summed E-state index contributed by atoms with van der Waals surface area (Å²) in [7, 11) is -3.57. The summed E-state index contributed by atoms with van der Waals surface area (Å²) < 4.78 is 27.0. The molecule has 0 bridgehead atoms. The molecule has 226 valence electrons. The van der Waals surface area contributed by atoms with E-state index in [0.29, 0.717) is 18.5 Å². The molecule has 7 nitrogen and oxygen atoms in total. The fourth-order valence-corrected chi connectivity index (χ4v) is 5.95. The van der Waals surface area contributed by atoms with E-state index in [9.17, 15) is 18.0 Å². The summed E-state index contributed by atoms with van der Waals surface area (Å²) in [4.78, 5) is 29.4. The van der Waals surface area contributed by atoms with Gasteiger partial charge in [0.25, 0.3) is 0 Å². The second kappa shape index (κ2) is 15.0. The van der Waals surface area contributed by atoms with Gasteiger partial charge in [0.05, 0.1) is 11.9 Å². The normalized spacial score (nSPS) is 12.8. The molecule has 0 aromatic heterocycles. The predicted octanol–water partition coefficient (Wildman–Crippen LogP) is 5.71. The van der Waals surface area contributed by atoms with Gasteiger partial charge in [-0.3, -0.25) is 13.9 Å². The lowest BCUT2D eigenvalue weighted by molar-refractivity contribution is -0.141. The third-order valence-electron chi connectivity index (χ3n) is 7.66. The quantitative estimate of drug-likeness (QED) is 0.260. The van der Waals surface area contributed by atoms with Crippen LogP contribution in [0.3, 0.4) is 0 Å². The first-order chi connectivity index (χ1) is 19.9.